The molecule has 1 saturated heterocycles. The molecule has 1 heterocycles. The molecule has 0 radical (unpaired) electrons. The van der Waals surface area contributed by atoms with Crippen LogP contribution < -0.4 is 5.32 Å². The van der Waals surface area contributed by atoms with Crippen molar-refractivity contribution in [1.29, 1.82) is 0 Å². The SMILES string of the molecule is CC(C)N1CCC(CC(=O)NC[C@@H](O)c2cccc(C(F)(F)F)c2)CC1. The predicted molar refractivity (Wildman–Crippen MR) is 93.5 cm³/mol. The topological polar surface area (TPSA) is 52.6 Å². The number of nitrogens with zero attached hydrogens (tertiary/aromatic N) is 1. The number of halogens is 3. The Morgan fingerprint density at radius 3 is 2.54 bits per heavy atom. The lowest BCUT2D eigenvalue weighted by Gasteiger charge is -2.34. The van der Waals surface area contributed by atoms with E-state index in [1.165, 1.54) is 12.1 Å². The summed E-state index contributed by atoms with van der Waals surface area (Å²) in [6.45, 7) is 6.17. The molecule has 1 fully saturated rings. The fourth-order valence-electron chi connectivity index (χ4n) is 3.26. The van der Waals surface area contributed by atoms with Gasteiger partial charge in [0.25, 0.3) is 0 Å². The van der Waals surface area contributed by atoms with Crippen LogP contribution in [0, 0.1) is 5.92 Å². The lowest BCUT2D eigenvalue weighted by molar-refractivity contribution is -0.137. The van der Waals surface area contributed by atoms with Gasteiger partial charge >= 0.3 is 6.18 Å². The summed E-state index contributed by atoms with van der Waals surface area (Å²) in [4.78, 5) is 14.5. The van der Waals surface area contributed by atoms with Crippen LogP contribution >= 0.6 is 0 Å². The number of alkyl halides is 3. The van der Waals surface area contributed by atoms with Gasteiger partial charge in [-0.1, -0.05) is 12.1 Å². The van der Waals surface area contributed by atoms with Crippen molar-refractivity contribution in [2.45, 2.75) is 51.4 Å². The molecule has 0 saturated carbocycles. The van der Waals surface area contributed by atoms with Crippen LogP contribution in [-0.4, -0.2) is 41.6 Å². The molecule has 0 spiro atoms. The number of hydrogen-bond donors (Lipinski definition) is 2. The van der Waals surface area contributed by atoms with E-state index in [-0.39, 0.29) is 18.0 Å². The summed E-state index contributed by atoms with van der Waals surface area (Å²) in [6.07, 6.45) is -3.31. The zero-order chi connectivity index (χ0) is 19.3. The maximum Gasteiger partial charge on any atom is 0.416 e. The summed E-state index contributed by atoms with van der Waals surface area (Å²) in [5.74, 6) is 0.148. The van der Waals surface area contributed by atoms with E-state index in [1.54, 1.807) is 0 Å². The maximum atomic E-state index is 12.7. The molecule has 146 valence electrons. The monoisotopic (exact) mass is 372 g/mol. The first-order valence-corrected chi connectivity index (χ1v) is 9.02. The molecule has 1 atom stereocenters. The van der Waals surface area contributed by atoms with Gasteiger partial charge in [0.2, 0.25) is 5.91 Å². The van der Waals surface area contributed by atoms with Crippen LogP contribution in [-0.2, 0) is 11.0 Å². The molecule has 1 aromatic carbocycles. The summed E-state index contributed by atoms with van der Waals surface area (Å²) in [7, 11) is 0. The molecule has 1 amide bonds. The van der Waals surface area contributed by atoms with Crippen LogP contribution in [0.15, 0.2) is 24.3 Å². The van der Waals surface area contributed by atoms with Crippen molar-refractivity contribution in [2.75, 3.05) is 19.6 Å². The Morgan fingerprint density at radius 2 is 1.96 bits per heavy atom. The van der Waals surface area contributed by atoms with Gasteiger partial charge in [-0.15, -0.1) is 0 Å². The third-order valence-corrected chi connectivity index (χ3v) is 4.94. The molecule has 1 aliphatic heterocycles. The summed E-state index contributed by atoms with van der Waals surface area (Å²) in [6, 6.07) is 5.06. The fourth-order valence-corrected chi connectivity index (χ4v) is 3.26. The van der Waals surface area contributed by atoms with Gasteiger partial charge in [-0.05, 0) is 63.4 Å². The predicted octanol–water partition coefficient (Wildman–Crippen LogP) is 3.37. The van der Waals surface area contributed by atoms with Crippen molar-refractivity contribution < 1.29 is 23.1 Å². The van der Waals surface area contributed by atoms with E-state index in [2.05, 4.69) is 24.1 Å². The van der Waals surface area contributed by atoms with Crippen LogP contribution in [0.5, 0.6) is 0 Å². The van der Waals surface area contributed by atoms with Gasteiger partial charge in [-0.2, -0.15) is 13.2 Å². The van der Waals surface area contributed by atoms with Gasteiger partial charge in [0.05, 0.1) is 11.7 Å². The number of piperidine rings is 1. The van der Waals surface area contributed by atoms with Gasteiger partial charge in [0.15, 0.2) is 0 Å². The van der Waals surface area contributed by atoms with Gasteiger partial charge in [-0.25, -0.2) is 0 Å². The highest BCUT2D eigenvalue weighted by atomic mass is 19.4. The minimum Gasteiger partial charge on any atom is -0.387 e. The van der Waals surface area contributed by atoms with E-state index in [1.807, 2.05) is 0 Å². The normalized spacial score (nSPS) is 18.1. The van der Waals surface area contributed by atoms with Crippen molar-refractivity contribution in [3.8, 4) is 0 Å². The largest absolute Gasteiger partial charge is 0.416 e. The summed E-state index contributed by atoms with van der Waals surface area (Å²) < 4.78 is 38.2. The van der Waals surface area contributed by atoms with E-state index in [9.17, 15) is 23.1 Å². The van der Waals surface area contributed by atoms with Gasteiger partial charge < -0.3 is 15.3 Å². The first-order chi connectivity index (χ1) is 12.2. The van der Waals surface area contributed by atoms with Crippen LogP contribution in [0.2, 0.25) is 0 Å². The highest BCUT2D eigenvalue weighted by Crippen LogP contribution is 2.30. The second-order valence-corrected chi connectivity index (χ2v) is 7.22. The minimum atomic E-state index is -4.45. The zero-order valence-electron chi connectivity index (χ0n) is 15.2. The summed E-state index contributed by atoms with van der Waals surface area (Å²) in [5, 5.41) is 12.7. The highest BCUT2D eigenvalue weighted by Gasteiger charge is 2.31. The summed E-state index contributed by atoms with van der Waals surface area (Å²) in [5.41, 5.74) is -0.664. The molecule has 4 nitrogen and oxygen atoms in total. The highest BCUT2D eigenvalue weighted by molar-refractivity contribution is 5.76. The number of rotatable bonds is 6. The molecule has 7 heteroatoms. The molecular formula is C19H27F3N2O2. The molecule has 0 bridgehead atoms. The molecule has 2 rings (SSSR count). The van der Waals surface area contributed by atoms with Crippen molar-refractivity contribution >= 4 is 5.91 Å². The lowest BCUT2D eigenvalue weighted by atomic mass is 9.92. The number of hydrogen-bond acceptors (Lipinski definition) is 3. The Morgan fingerprint density at radius 1 is 1.31 bits per heavy atom. The van der Waals surface area contributed by atoms with Gasteiger partial charge in [0, 0.05) is 19.0 Å². The van der Waals surface area contributed by atoms with E-state index in [0.717, 1.165) is 38.1 Å². The van der Waals surface area contributed by atoms with Crippen LogP contribution in [0.1, 0.15) is 50.3 Å². The molecule has 1 aromatic rings. The Bertz CT molecular complexity index is 597. The van der Waals surface area contributed by atoms with E-state index in [4.69, 9.17) is 0 Å². The van der Waals surface area contributed by atoms with Crippen molar-refractivity contribution in [2.24, 2.45) is 5.92 Å². The molecule has 1 aliphatic rings. The smallest absolute Gasteiger partial charge is 0.387 e. The Labute approximate surface area is 152 Å². The van der Waals surface area contributed by atoms with Crippen LogP contribution in [0.25, 0.3) is 0 Å². The number of carbonyl (C=O) groups excluding carboxylic acids is 1. The van der Waals surface area contributed by atoms with E-state index < -0.39 is 17.8 Å². The van der Waals surface area contributed by atoms with E-state index in [0.29, 0.717) is 18.4 Å². The average molecular weight is 372 g/mol. The molecule has 26 heavy (non-hydrogen) atoms. The maximum absolute atomic E-state index is 12.7. The fraction of sp³-hybridized carbons (Fsp3) is 0.632. The Kier molecular flexibility index (Phi) is 7.06. The molecule has 0 aromatic heterocycles. The Hall–Kier alpha value is -1.60. The van der Waals surface area contributed by atoms with Crippen molar-refractivity contribution in [3.63, 3.8) is 0 Å². The zero-order valence-corrected chi connectivity index (χ0v) is 15.2. The average Bonchev–Trinajstić information content (AvgIpc) is 2.59. The third kappa shape index (κ3) is 5.99. The first kappa shape index (κ1) is 20.7. The standard InChI is InChI=1S/C19H27F3N2O2/c1-13(2)24-8-6-14(7-9-24)10-18(26)23-12-17(25)15-4-3-5-16(11-15)19(20,21)22/h3-5,11,13-14,17,25H,6-10,12H2,1-2H3,(H,23,26)/t17-/m1/s1. The van der Waals surface area contributed by atoms with Crippen molar-refractivity contribution in [1.82, 2.24) is 10.2 Å². The summed E-state index contributed by atoms with van der Waals surface area (Å²) >= 11 is 0. The molecule has 0 aliphatic carbocycles. The van der Waals surface area contributed by atoms with Gasteiger partial charge in [0.1, 0.15) is 0 Å². The number of aliphatic hydroxyl groups is 1. The lowest BCUT2D eigenvalue weighted by Crippen LogP contribution is -2.40. The second-order valence-electron chi connectivity index (χ2n) is 7.22. The second kappa shape index (κ2) is 8.86. The molecular weight excluding hydrogens is 345 g/mol. The number of aliphatic hydroxyl groups excluding tert-OH is 1. The quantitative estimate of drug-likeness (QED) is 0.805. The van der Waals surface area contributed by atoms with Gasteiger partial charge in [-0.3, -0.25) is 4.79 Å². The van der Waals surface area contributed by atoms with Crippen molar-refractivity contribution in [3.05, 3.63) is 35.4 Å². The Balaban J connectivity index is 1.79. The van der Waals surface area contributed by atoms with Crippen LogP contribution in [0.3, 0.4) is 0 Å². The number of likely N-dealkylation sites (tertiary alicyclic amines) is 1. The minimum absolute atomic E-state index is 0.0923. The number of amides is 1. The van der Waals surface area contributed by atoms with Crippen LogP contribution in [0.4, 0.5) is 13.2 Å². The molecule has 2 N–H and O–H groups in total. The number of benzene rings is 1. The third-order valence-electron chi connectivity index (χ3n) is 4.94. The van der Waals surface area contributed by atoms with E-state index >= 15 is 0 Å². The number of nitrogens with one attached hydrogen (secondary N) is 1. The number of carbonyl (C=O) groups is 1. The first-order valence-electron chi connectivity index (χ1n) is 9.02. The molecule has 0 unspecified atom stereocenters.